The lowest BCUT2D eigenvalue weighted by Crippen LogP contribution is -2.43. The largest absolute Gasteiger partial charge is 0.512 e. The molecule has 0 unspecified atom stereocenters. The van der Waals surface area contributed by atoms with E-state index in [2.05, 4.69) is 0 Å². The second-order valence-corrected chi connectivity index (χ2v) is 4.98. The van der Waals surface area contributed by atoms with Crippen molar-refractivity contribution < 1.29 is 36.3 Å². The lowest BCUT2D eigenvalue weighted by molar-refractivity contribution is 0.232. The first kappa shape index (κ1) is 13.8. The molecule has 4 N–H and O–H groups in total. The van der Waals surface area contributed by atoms with Crippen LogP contribution in [0.15, 0.2) is 0 Å². The maximum Gasteiger partial charge on any atom is 0.512 e. The van der Waals surface area contributed by atoms with Gasteiger partial charge in [0, 0.05) is 0 Å². The Morgan fingerprint density at radius 2 is 1.12 bits per heavy atom. The van der Waals surface area contributed by atoms with Gasteiger partial charge in [0.05, 0.1) is 6.17 Å². The van der Waals surface area contributed by atoms with Gasteiger partial charge in [-0.05, 0) is 0 Å². The number of hydrogen-bond donors (Lipinski definition) is 4. The highest BCUT2D eigenvalue weighted by atomic mass is 28.4. The molecule has 1 rings (SSSR count). The van der Waals surface area contributed by atoms with Crippen LogP contribution in [0.5, 0.6) is 0 Å². The van der Waals surface area contributed by atoms with Crippen LogP contribution in [0.25, 0.3) is 0 Å². The van der Waals surface area contributed by atoms with Gasteiger partial charge >= 0.3 is 8.80 Å². The Kier molecular flexibility index (Phi) is 3.71. The van der Waals surface area contributed by atoms with Crippen LogP contribution in [0.2, 0.25) is 0 Å². The van der Waals surface area contributed by atoms with Crippen LogP contribution < -0.4 is 5.32 Å². The summed E-state index contributed by atoms with van der Waals surface area (Å²) >= 11 is 0. The summed E-state index contributed by atoms with van der Waals surface area (Å²) in [4.78, 5) is 25.6. The predicted octanol–water partition coefficient (Wildman–Crippen LogP) is 0.249. The molecule has 0 amide bonds. The van der Waals surface area contributed by atoms with Crippen molar-refractivity contribution in [3.05, 3.63) is 29.1 Å². The Bertz CT molecular complexity index is 421. The molecule has 17 heavy (non-hydrogen) atoms. The summed E-state index contributed by atoms with van der Waals surface area (Å²) in [6, 6.07) is 0. The van der Waals surface area contributed by atoms with Crippen LogP contribution in [0.3, 0.4) is 0 Å². The average molecular weight is 275 g/mol. The first-order valence-electron chi connectivity index (χ1n) is 4.07. The van der Waals surface area contributed by atoms with Gasteiger partial charge in [-0.1, -0.05) is 0 Å². The molecule has 1 aromatic carbocycles. The molecular formula is C7H6F5NO3Si. The van der Waals surface area contributed by atoms with E-state index < -0.39 is 49.7 Å². The summed E-state index contributed by atoms with van der Waals surface area (Å²) in [6.45, 7) is 0. The molecule has 0 fully saturated rings. The normalized spacial score (nSPS) is 11.8. The van der Waals surface area contributed by atoms with E-state index in [1.807, 2.05) is 0 Å². The highest BCUT2D eigenvalue weighted by Gasteiger charge is 2.30. The van der Waals surface area contributed by atoms with Gasteiger partial charge in [-0.2, -0.15) is 0 Å². The van der Waals surface area contributed by atoms with Crippen LogP contribution in [-0.4, -0.2) is 29.4 Å². The minimum atomic E-state index is -4.72. The summed E-state index contributed by atoms with van der Waals surface area (Å²) in [7, 11) is -4.72. The molecule has 0 saturated heterocycles. The third kappa shape index (κ3) is 2.91. The molecule has 96 valence electrons. The van der Waals surface area contributed by atoms with Crippen LogP contribution >= 0.6 is 0 Å². The molecule has 0 aromatic heterocycles. The Morgan fingerprint density at radius 1 is 0.765 bits per heavy atom. The lowest BCUT2D eigenvalue weighted by Gasteiger charge is -2.13. The van der Waals surface area contributed by atoms with Gasteiger partial charge in [0.2, 0.25) is 5.82 Å². The molecule has 0 radical (unpaired) electrons. The molecule has 0 atom stereocenters. The fourth-order valence-electron chi connectivity index (χ4n) is 0.967. The van der Waals surface area contributed by atoms with E-state index in [-0.39, 0.29) is 0 Å². The van der Waals surface area contributed by atoms with Gasteiger partial charge < -0.3 is 19.7 Å². The quantitative estimate of drug-likeness (QED) is 0.276. The van der Waals surface area contributed by atoms with Gasteiger partial charge in [0.25, 0.3) is 0 Å². The highest BCUT2D eigenvalue weighted by molar-refractivity contribution is 6.56. The van der Waals surface area contributed by atoms with E-state index in [0.29, 0.717) is 0 Å². The zero-order chi connectivity index (χ0) is 13.4. The van der Waals surface area contributed by atoms with E-state index in [1.165, 1.54) is 0 Å². The molecule has 4 nitrogen and oxygen atoms in total. The van der Waals surface area contributed by atoms with Crippen molar-refractivity contribution in [3.8, 4) is 0 Å². The predicted molar refractivity (Wildman–Crippen MR) is 47.1 cm³/mol. The topological polar surface area (TPSA) is 72.7 Å². The van der Waals surface area contributed by atoms with Crippen molar-refractivity contribution in [3.63, 3.8) is 0 Å². The van der Waals surface area contributed by atoms with Crippen molar-refractivity contribution >= 4 is 14.5 Å². The van der Waals surface area contributed by atoms with E-state index in [0.717, 1.165) is 0 Å². The molecular weight excluding hydrogens is 269 g/mol. The second-order valence-electron chi connectivity index (χ2n) is 3.07. The average Bonchev–Trinajstić information content (AvgIpc) is 2.22. The van der Waals surface area contributed by atoms with E-state index in [1.54, 1.807) is 5.32 Å². The number of hydrogen-bond acceptors (Lipinski definition) is 4. The molecule has 0 aliphatic heterocycles. The Hall–Kier alpha value is -1.23. The summed E-state index contributed by atoms with van der Waals surface area (Å²) in [5.74, 6) is -11.0. The Balaban J connectivity index is 3.16. The second kappa shape index (κ2) is 4.56. The van der Waals surface area contributed by atoms with Crippen molar-refractivity contribution in [1.29, 1.82) is 0 Å². The van der Waals surface area contributed by atoms with Crippen LogP contribution in [0.4, 0.5) is 27.6 Å². The van der Waals surface area contributed by atoms with Crippen LogP contribution in [0, 0.1) is 29.1 Å². The first-order valence-corrected chi connectivity index (χ1v) is 6.12. The van der Waals surface area contributed by atoms with Crippen molar-refractivity contribution in [2.45, 2.75) is 0 Å². The minimum absolute atomic E-state index is 1.12. The SMILES string of the molecule is O[Si](O)(O)CNc1c(F)c(F)c(F)c(F)c1F. The van der Waals surface area contributed by atoms with E-state index in [4.69, 9.17) is 14.4 Å². The fourth-order valence-corrected chi connectivity index (χ4v) is 1.38. The van der Waals surface area contributed by atoms with E-state index in [9.17, 15) is 22.0 Å². The van der Waals surface area contributed by atoms with Crippen molar-refractivity contribution in [2.75, 3.05) is 11.5 Å². The highest BCUT2D eigenvalue weighted by Crippen LogP contribution is 2.26. The summed E-state index contributed by atoms with van der Waals surface area (Å²) < 4.78 is 63.8. The smallest absolute Gasteiger partial charge is 0.389 e. The van der Waals surface area contributed by atoms with Gasteiger partial charge in [-0.3, -0.25) is 0 Å². The maximum atomic E-state index is 13.0. The molecule has 10 heteroatoms. The minimum Gasteiger partial charge on any atom is -0.389 e. The number of nitrogens with one attached hydrogen (secondary N) is 1. The zero-order valence-electron chi connectivity index (χ0n) is 7.94. The lowest BCUT2D eigenvalue weighted by atomic mass is 10.2. The van der Waals surface area contributed by atoms with Gasteiger partial charge in [-0.15, -0.1) is 0 Å². The van der Waals surface area contributed by atoms with Gasteiger partial charge in [0.1, 0.15) is 5.69 Å². The number of rotatable bonds is 3. The number of benzene rings is 1. The first-order chi connectivity index (χ1) is 7.65. The molecule has 0 aliphatic carbocycles. The summed E-state index contributed by atoms with van der Waals surface area (Å²) in [5.41, 5.74) is -1.43. The van der Waals surface area contributed by atoms with Crippen LogP contribution in [-0.2, 0) is 0 Å². The fraction of sp³-hybridized carbons (Fsp3) is 0.143. The Labute approximate surface area is 92.3 Å². The maximum absolute atomic E-state index is 13.0. The zero-order valence-corrected chi connectivity index (χ0v) is 8.94. The molecule has 0 bridgehead atoms. The van der Waals surface area contributed by atoms with Crippen LogP contribution in [0.1, 0.15) is 0 Å². The van der Waals surface area contributed by atoms with Crippen molar-refractivity contribution in [1.82, 2.24) is 0 Å². The molecule has 0 aliphatic rings. The van der Waals surface area contributed by atoms with Gasteiger partial charge in [-0.25, -0.2) is 22.0 Å². The Morgan fingerprint density at radius 3 is 1.47 bits per heavy atom. The van der Waals surface area contributed by atoms with E-state index >= 15 is 0 Å². The number of anilines is 1. The molecule has 0 spiro atoms. The van der Waals surface area contributed by atoms with Gasteiger partial charge in [0.15, 0.2) is 23.3 Å². The standard InChI is InChI=1S/C7H6F5NO3Si/c8-2-3(9)5(11)7(6(12)4(2)10)13-1-17(14,15)16/h13-16H,1H2. The molecule has 1 aromatic rings. The third-order valence-electron chi connectivity index (χ3n) is 1.71. The third-order valence-corrected chi connectivity index (χ3v) is 2.36. The number of halogens is 5. The summed E-state index contributed by atoms with van der Waals surface area (Å²) in [5, 5.41) is 1.55. The molecule has 0 saturated carbocycles. The molecule has 0 heterocycles. The summed E-state index contributed by atoms with van der Waals surface area (Å²) in [6.07, 6.45) is -1.12. The monoisotopic (exact) mass is 275 g/mol. The van der Waals surface area contributed by atoms with Crippen molar-refractivity contribution in [2.24, 2.45) is 0 Å².